The Morgan fingerprint density at radius 2 is 1.89 bits per heavy atom. The Hall–Kier alpha value is -1.92. The number of nitrogens with zero attached hydrogens (tertiary/aromatic N) is 1. The smallest absolute Gasteiger partial charge is 0.103 e. The molecule has 0 bridgehead atoms. The lowest BCUT2D eigenvalue weighted by atomic mass is 10.1. The molecule has 0 aromatic heterocycles. The number of aryl methyl sites for hydroxylation is 2. The van der Waals surface area contributed by atoms with Crippen molar-refractivity contribution in [2.24, 2.45) is 0 Å². The van der Waals surface area contributed by atoms with Crippen molar-refractivity contribution in [3.8, 4) is 6.07 Å². The van der Waals surface area contributed by atoms with Gasteiger partial charge in [0.1, 0.15) is 6.07 Å². The zero-order chi connectivity index (χ0) is 13.8. The minimum absolute atomic E-state index is 0.705. The molecule has 0 saturated carbocycles. The molecule has 0 aliphatic heterocycles. The second-order valence-corrected chi connectivity index (χ2v) is 5.29. The van der Waals surface area contributed by atoms with Gasteiger partial charge in [0.15, 0.2) is 0 Å². The molecule has 2 aromatic rings. The van der Waals surface area contributed by atoms with E-state index >= 15 is 0 Å². The van der Waals surface area contributed by atoms with E-state index in [-0.39, 0.29) is 0 Å². The number of rotatable bonds is 3. The molecule has 0 amide bonds. The summed E-state index contributed by atoms with van der Waals surface area (Å²) < 4.78 is 0. The Morgan fingerprint density at radius 3 is 2.58 bits per heavy atom. The highest BCUT2D eigenvalue weighted by Crippen LogP contribution is 2.29. The largest absolute Gasteiger partial charge is 0.354 e. The SMILES string of the molecule is CSc1cccc(Nc2cc(C)ccc2C)c1C#N. The molecule has 2 nitrogen and oxygen atoms in total. The van der Waals surface area contributed by atoms with Gasteiger partial charge >= 0.3 is 0 Å². The molecule has 0 radical (unpaired) electrons. The van der Waals surface area contributed by atoms with Gasteiger partial charge in [0.2, 0.25) is 0 Å². The average Bonchev–Trinajstić information content (AvgIpc) is 2.42. The monoisotopic (exact) mass is 268 g/mol. The van der Waals surface area contributed by atoms with Crippen molar-refractivity contribution in [1.82, 2.24) is 0 Å². The van der Waals surface area contributed by atoms with Crippen molar-refractivity contribution in [2.75, 3.05) is 11.6 Å². The van der Waals surface area contributed by atoms with E-state index in [1.54, 1.807) is 11.8 Å². The van der Waals surface area contributed by atoms with Crippen molar-refractivity contribution in [3.63, 3.8) is 0 Å². The lowest BCUT2D eigenvalue weighted by Gasteiger charge is -2.13. The van der Waals surface area contributed by atoms with E-state index in [1.165, 1.54) is 11.1 Å². The highest BCUT2D eigenvalue weighted by molar-refractivity contribution is 7.98. The Kier molecular flexibility index (Phi) is 4.13. The molecule has 0 heterocycles. The summed E-state index contributed by atoms with van der Waals surface area (Å²) in [5.41, 5.74) is 4.99. The molecule has 0 fully saturated rings. The number of hydrogen-bond acceptors (Lipinski definition) is 3. The van der Waals surface area contributed by atoms with Crippen LogP contribution in [0, 0.1) is 25.2 Å². The average molecular weight is 268 g/mol. The number of thioether (sulfide) groups is 1. The number of nitriles is 1. The third-order valence-electron chi connectivity index (χ3n) is 3.02. The molecule has 0 spiro atoms. The van der Waals surface area contributed by atoms with Crippen molar-refractivity contribution in [2.45, 2.75) is 18.7 Å². The van der Waals surface area contributed by atoms with Gasteiger partial charge in [-0.2, -0.15) is 5.26 Å². The lowest BCUT2D eigenvalue weighted by molar-refractivity contribution is 1.33. The molecule has 1 N–H and O–H groups in total. The topological polar surface area (TPSA) is 35.8 Å². The molecule has 0 aliphatic carbocycles. The maximum Gasteiger partial charge on any atom is 0.103 e. The second-order valence-electron chi connectivity index (χ2n) is 4.44. The summed E-state index contributed by atoms with van der Waals surface area (Å²) in [6.45, 7) is 4.13. The zero-order valence-electron chi connectivity index (χ0n) is 11.3. The van der Waals surface area contributed by atoms with E-state index in [0.29, 0.717) is 5.56 Å². The van der Waals surface area contributed by atoms with Crippen LogP contribution in [0.15, 0.2) is 41.3 Å². The number of nitrogens with one attached hydrogen (secondary N) is 1. The molecule has 3 heteroatoms. The van der Waals surface area contributed by atoms with E-state index in [9.17, 15) is 5.26 Å². The van der Waals surface area contributed by atoms with Gasteiger partial charge in [0, 0.05) is 10.6 Å². The maximum atomic E-state index is 9.33. The van der Waals surface area contributed by atoms with Crippen LogP contribution in [0.25, 0.3) is 0 Å². The van der Waals surface area contributed by atoms with Gasteiger partial charge < -0.3 is 5.32 Å². The van der Waals surface area contributed by atoms with Gasteiger partial charge in [-0.1, -0.05) is 18.2 Å². The van der Waals surface area contributed by atoms with Crippen molar-refractivity contribution < 1.29 is 0 Å². The first-order valence-corrected chi connectivity index (χ1v) is 7.29. The van der Waals surface area contributed by atoms with E-state index in [2.05, 4.69) is 43.4 Å². The van der Waals surface area contributed by atoms with Crippen molar-refractivity contribution >= 4 is 23.1 Å². The molecule has 2 rings (SSSR count). The van der Waals surface area contributed by atoms with Crippen molar-refractivity contribution in [3.05, 3.63) is 53.1 Å². The van der Waals surface area contributed by atoms with E-state index < -0.39 is 0 Å². The molecule has 0 aliphatic rings. The highest BCUT2D eigenvalue weighted by Gasteiger charge is 2.08. The first kappa shape index (κ1) is 13.5. The summed E-state index contributed by atoms with van der Waals surface area (Å²) in [4.78, 5) is 0.998. The minimum Gasteiger partial charge on any atom is -0.354 e. The van der Waals surface area contributed by atoms with E-state index in [1.807, 2.05) is 24.5 Å². The molecule has 0 saturated heterocycles. The zero-order valence-corrected chi connectivity index (χ0v) is 12.1. The summed E-state index contributed by atoms with van der Waals surface area (Å²) in [6.07, 6.45) is 1.98. The van der Waals surface area contributed by atoms with E-state index in [4.69, 9.17) is 0 Å². The Labute approximate surface area is 118 Å². The first-order chi connectivity index (χ1) is 9.15. The standard InChI is InChI=1S/C16H16N2S/c1-11-7-8-12(2)15(9-11)18-14-5-4-6-16(19-3)13(14)10-17/h4-9,18H,1-3H3. The van der Waals surface area contributed by atoms with Gasteiger partial charge in [-0.3, -0.25) is 0 Å². The number of benzene rings is 2. The van der Waals surface area contributed by atoms with Crippen LogP contribution in [0.3, 0.4) is 0 Å². The van der Waals surface area contributed by atoms with Gasteiger partial charge in [-0.05, 0) is 49.4 Å². The van der Waals surface area contributed by atoms with Crippen LogP contribution in [0.1, 0.15) is 16.7 Å². The predicted octanol–water partition coefficient (Wildman–Crippen LogP) is 4.64. The van der Waals surface area contributed by atoms with Crippen LogP contribution in [0.4, 0.5) is 11.4 Å². The molecule has 0 unspecified atom stereocenters. The van der Waals surface area contributed by atoms with Crippen LogP contribution in [0.2, 0.25) is 0 Å². The Morgan fingerprint density at radius 1 is 1.11 bits per heavy atom. The summed E-state index contributed by atoms with van der Waals surface area (Å²) in [6, 6.07) is 14.4. The van der Waals surface area contributed by atoms with Crippen molar-refractivity contribution in [1.29, 1.82) is 5.26 Å². The fourth-order valence-electron chi connectivity index (χ4n) is 1.94. The molecular formula is C16H16N2S. The fraction of sp³-hybridized carbons (Fsp3) is 0.188. The number of anilines is 2. The third kappa shape index (κ3) is 2.91. The maximum absolute atomic E-state index is 9.33. The summed E-state index contributed by atoms with van der Waals surface area (Å²) in [7, 11) is 0. The van der Waals surface area contributed by atoms with Crippen LogP contribution in [0.5, 0.6) is 0 Å². The normalized spacial score (nSPS) is 10.0. The molecule has 19 heavy (non-hydrogen) atoms. The minimum atomic E-state index is 0.705. The van der Waals surface area contributed by atoms with Crippen LogP contribution in [-0.4, -0.2) is 6.26 Å². The first-order valence-electron chi connectivity index (χ1n) is 6.07. The highest BCUT2D eigenvalue weighted by atomic mass is 32.2. The lowest BCUT2D eigenvalue weighted by Crippen LogP contribution is -1.97. The molecular weight excluding hydrogens is 252 g/mol. The Bertz CT molecular complexity index is 642. The summed E-state index contributed by atoms with van der Waals surface area (Å²) in [5, 5.41) is 12.7. The van der Waals surface area contributed by atoms with Crippen LogP contribution < -0.4 is 5.32 Å². The molecule has 0 atom stereocenters. The summed E-state index contributed by atoms with van der Waals surface area (Å²) in [5.74, 6) is 0. The van der Waals surface area contributed by atoms with Crippen LogP contribution in [-0.2, 0) is 0 Å². The van der Waals surface area contributed by atoms with E-state index in [0.717, 1.165) is 16.3 Å². The van der Waals surface area contributed by atoms with Gasteiger partial charge in [0.25, 0.3) is 0 Å². The summed E-state index contributed by atoms with van der Waals surface area (Å²) >= 11 is 1.59. The van der Waals surface area contributed by atoms with Gasteiger partial charge in [0.05, 0.1) is 11.3 Å². The molecule has 2 aromatic carbocycles. The predicted molar refractivity (Wildman–Crippen MR) is 82.1 cm³/mol. The third-order valence-corrected chi connectivity index (χ3v) is 3.80. The molecule has 96 valence electrons. The fourth-order valence-corrected chi connectivity index (χ4v) is 2.51. The Balaban J connectivity index is 2.44. The number of hydrogen-bond donors (Lipinski definition) is 1. The van der Waals surface area contributed by atoms with Crippen LogP contribution >= 0.6 is 11.8 Å². The van der Waals surface area contributed by atoms with Gasteiger partial charge in [-0.25, -0.2) is 0 Å². The second kappa shape index (κ2) is 5.81. The quantitative estimate of drug-likeness (QED) is 0.824. The van der Waals surface area contributed by atoms with Gasteiger partial charge in [-0.15, -0.1) is 11.8 Å².